The maximum atomic E-state index is 10.8. The van der Waals surface area contributed by atoms with Crippen molar-refractivity contribution in [3.63, 3.8) is 0 Å². The molecule has 3 heteroatoms. The molecule has 2 atom stereocenters. The lowest BCUT2D eigenvalue weighted by molar-refractivity contribution is -0.141. The normalized spacial score (nSPS) is 12.5. The summed E-state index contributed by atoms with van der Waals surface area (Å²) in [4.78, 5) is 10.8. The van der Waals surface area contributed by atoms with Crippen molar-refractivity contribution >= 4 is 15.2 Å². The Kier molecular flexibility index (Phi) is 15.2. The number of hydrogen-bond acceptors (Lipinski definition) is 1. The summed E-state index contributed by atoms with van der Waals surface area (Å²) < 4.78 is 0. The van der Waals surface area contributed by atoms with Crippen molar-refractivity contribution in [1.29, 1.82) is 0 Å². The number of hydrogen-bond donors (Lipinski definition) is 1. The molecule has 0 rings (SSSR count). The van der Waals surface area contributed by atoms with Crippen LogP contribution in [-0.4, -0.2) is 17.2 Å². The molecule has 0 aromatic rings. The Balaban J connectivity index is 3.15. The van der Waals surface area contributed by atoms with Crippen molar-refractivity contribution in [2.24, 2.45) is 5.92 Å². The molecule has 0 aliphatic carbocycles. The Hall–Kier alpha value is -0.100. The molecule has 20 heavy (non-hydrogen) atoms. The van der Waals surface area contributed by atoms with Gasteiger partial charge in [-0.25, -0.2) is 0 Å². The van der Waals surface area contributed by atoms with Crippen molar-refractivity contribution < 1.29 is 9.90 Å². The minimum Gasteiger partial charge on any atom is -0.481 e. The third-order valence-electron chi connectivity index (χ3n) is 4.04. The SMILES string of the molecule is CCCCCCCCCCCCCCC(CP)C(=O)O. The van der Waals surface area contributed by atoms with E-state index in [1.54, 1.807) is 0 Å². The first-order valence-corrected chi connectivity index (χ1v) is 9.46. The van der Waals surface area contributed by atoms with Crippen LogP contribution in [-0.2, 0) is 4.79 Å². The van der Waals surface area contributed by atoms with E-state index in [-0.39, 0.29) is 5.92 Å². The Morgan fingerprint density at radius 1 is 0.850 bits per heavy atom. The van der Waals surface area contributed by atoms with Crippen LogP contribution in [0.4, 0.5) is 0 Å². The van der Waals surface area contributed by atoms with Crippen molar-refractivity contribution in [1.82, 2.24) is 0 Å². The fourth-order valence-corrected chi connectivity index (χ4v) is 3.01. The van der Waals surface area contributed by atoms with Crippen molar-refractivity contribution in [2.75, 3.05) is 6.16 Å². The van der Waals surface area contributed by atoms with E-state index in [2.05, 4.69) is 16.2 Å². The number of carboxylic acids is 1. The van der Waals surface area contributed by atoms with Crippen molar-refractivity contribution in [3.8, 4) is 0 Å². The molecule has 1 N–H and O–H groups in total. The highest BCUT2D eigenvalue weighted by Gasteiger charge is 2.13. The van der Waals surface area contributed by atoms with Gasteiger partial charge in [-0.15, -0.1) is 9.24 Å². The highest BCUT2D eigenvalue weighted by Crippen LogP contribution is 2.15. The van der Waals surface area contributed by atoms with Gasteiger partial charge in [0.15, 0.2) is 0 Å². The predicted molar refractivity (Wildman–Crippen MR) is 91.4 cm³/mol. The first-order valence-electron chi connectivity index (χ1n) is 8.65. The van der Waals surface area contributed by atoms with E-state index in [0.29, 0.717) is 6.16 Å². The Morgan fingerprint density at radius 2 is 1.25 bits per heavy atom. The lowest BCUT2D eigenvalue weighted by atomic mass is 10.0. The molecule has 0 saturated carbocycles. The van der Waals surface area contributed by atoms with Gasteiger partial charge in [-0.1, -0.05) is 84.0 Å². The van der Waals surface area contributed by atoms with E-state index in [4.69, 9.17) is 5.11 Å². The second kappa shape index (κ2) is 15.3. The Bertz CT molecular complexity index is 219. The van der Waals surface area contributed by atoms with Gasteiger partial charge < -0.3 is 5.11 Å². The molecular formula is C17H35O2P. The fourth-order valence-electron chi connectivity index (χ4n) is 2.57. The molecule has 0 aliphatic rings. The minimum atomic E-state index is -0.636. The van der Waals surface area contributed by atoms with Crippen LogP contribution in [0.25, 0.3) is 0 Å². The summed E-state index contributed by atoms with van der Waals surface area (Å²) in [6.45, 7) is 2.26. The highest BCUT2D eigenvalue weighted by molar-refractivity contribution is 7.16. The van der Waals surface area contributed by atoms with Crippen LogP contribution in [0.3, 0.4) is 0 Å². The molecule has 0 fully saturated rings. The molecule has 0 heterocycles. The summed E-state index contributed by atoms with van der Waals surface area (Å²) in [6, 6.07) is 0. The summed E-state index contributed by atoms with van der Waals surface area (Å²) in [5.41, 5.74) is 0. The zero-order valence-electron chi connectivity index (χ0n) is 13.4. The van der Waals surface area contributed by atoms with Crippen molar-refractivity contribution in [2.45, 2.75) is 90.4 Å². The quantitative estimate of drug-likeness (QED) is 0.313. The van der Waals surface area contributed by atoms with E-state index in [1.165, 1.54) is 70.6 Å². The highest BCUT2D eigenvalue weighted by atomic mass is 31.0. The average Bonchev–Trinajstić information content (AvgIpc) is 2.43. The van der Waals surface area contributed by atoms with Crippen LogP contribution in [0.1, 0.15) is 90.4 Å². The average molecular weight is 302 g/mol. The minimum absolute atomic E-state index is 0.150. The van der Waals surface area contributed by atoms with Gasteiger partial charge in [-0.2, -0.15) is 0 Å². The number of rotatable bonds is 15. The summed E-state index contributed by atoms with van der Waals surface area (Å²) in [5.74, 6) is -0.786. The molecule has 2 nitrogen and oxygen atoms in total. The largest absolute Gasteiger partial charge is 0.481 e. The molecular weight excluding hydrogens is 267 g/mol. The van der Waals surface area contributed by atoms with E-state index in [1.807, 2.05) is 0 Å². The number of aliphatic carboxylic acids is 1. The van der Waals surface area contributed by atoms with E-state index >= 15 is 0 Å². The Morgan fingerprint density at radius 3 is 1.60 bits per heavy atom. The predicted octanol–water partition coefficient (Wildman–Crippen LogP) is 5.65. The van der Waals surface area contributed by atoms with Gasteiger partial charge in [-0.05, 0) is 12.6 Å². The molecule has 0 aromatic carbocycles. The molecule has 0 bridgehead atoms. The second-order valence-electron chi connectivity index (χ2n) is 5.95. The zero-order chi connectivity index (χ0) is 15.1. The lowest BCUT2D eigenvalue weighted by Crippen LogP contribution is -2.14. The van der Waals surface area contributed by atoms with Gasteiger partial charge in [0.1, 0.15) is 0 Å². The molecule has 0 saturated heterocycles. The molecule has 0 spiro atoms. The maximum absolute atomic E-state index is 10.8. The van der Waals surface area contributed by atoms with Crippen LogP contribution in [0.15, 0.2) is 0 Å². The van der Waals surface area contributed by atoms with E-state index < -0.39 is 5.97 Å². The molecule has 120 valence electrons. The van der Waals surface area contributed by atoms with Crippen LogP contribution in [0.2, 0.25) is 0 Å². The molecule has 2 unspecified atom stereocenters. The van der Waals surface area contributed by atoms with Gasteiger partial charge in [0.05, 0.1) is 5.92 Å². The Labute approximate surface area is 128 Å². The van der Waals surface area contributed by atoms with Gasteiger partial charge in [0.25, 0.3) is 0 Å². The zero-order valence-corrected chi connectivity index (χ0v) is 14.6. The van der Waals surface area contributed by atoms with Crippen LogP contribution in [0, 0.1) is 5.92 Å². The first kappa shape index (κ1) is 19.9. The first-order chi connectivity index (χ1) is 9.72. The van der Waals surface area contributed by atoms with Crippen molar-refractivity contribution in [3.05, 3.63) is 0 Å². The molecule has 0 aromatic heterocycles. The third kappa shape index (κ3) is 12.9. The monoisotopic (exact) mass is 302 g/mol. The summed E-state index contributed by atoms with van der Waals surface area (Å²) in [7, 11) is 2.55. The smallest absolute Gasteiger partial charge is 0.306 e. The summed E-state index contributed by atoms with van der Waals surface area (Å²) >= 11 is 0. The number of unbranched alkanes of at least 4 members (excludes halogenated alkanes) is 11. The number of carboxylic acid groups (broad SMARTS) is 1. The van der Waals surface area contributed by atoms with Gasteiger partial charge >= 0.3 is 5.97 Å². The topological polar surface area (TPSA) is 37.3 Å². The van der Waals surface area contributed by atoms with Gasteiger partial charge in [0, 0.05) is 0 Å². The van der Waals surface area contributed by atoms with Crippen LogP contribution < -0.4 is 0 Å². The van der Waals surface area contributed by atoms with E-state index in [9.17, 15) is 4.79 Å². The maximum Gasteiger partial charge on any atom is 0.306 e. The van der Waals surface area contributed by atoms with Gasteiger partial charge in [-0.3, -0.25) is 4.79 Å². The standard InChI is InChI=1S/C17H35O2P/c1-2-3-4-5-6-7-8-9-10-11-12-13-14-16(15-20)17(18)19/h16H,2-15,20H2,1H3,(H,18,19). The summed E-state index contributed by atoms with van der Waals surface area (Å²) in [5, 5.41) is 8.94. The van der Waals surface area contributed by atoms with Crippen LogP contribution in [0.5, 0.6) is 0 Å². The second-order valence-corrected chi connectivity index (χ2v) is 6.42. The van der Waals surface area contributed by atoms with E-state index in [0.717, 1.165) is 12.8 Å². The number of carbonyl (C=O) groups is 1. The van der Waals surface area contributed by atoms with Gasteiger partial charge in [0.2, 0.25) is 0 Å². The third-order valence-corrected chi connectivity index (χ3v) is 4.61. The molecule has 0 aliphatic heterocycles. The summed E-state index contributed by atoms with van der Waals surface area (Å²) in [6.07, 6.45) is 17.5. The van der Waals surface area contributed by atoms with Crippen LogP contribution >= 0.6 is 9.24 Å². The fraction of sp³-hybridized carbons (Fsp3) is 0.941. The lowest BCUT2D eigenvalue weighted by Gasteiger charge is -2.08. The molecule has 0 amide bonds. The molecule has 0 radical (unpaired) electrons.